The van der Waals surface area contributed by atoms with Gasteiger partial charge in [-0.3, -0.25) is 9.59 Å². The maximum Gasteiger partial charge on any atom is 0.307 e. The molecule has 2 heterocycles. The van der Waals surface area contributed by atoms with Crippen LogP contribution < -0.4 is 10.2 Å². The predicted molar refractivity (Wildman–Crippen MR) is 114 cm³/mol. The predicted octanol–water partition coefficient (Wildman–Crippen LogP) is 2.78. The number of piperidine rings is 1. The minimum Gasteiger partial charge on any atom is -0.326 e. The van der Waals surface area contributed by atoms with E-state index in [4.69, 9.17) is 0 Å². The maximum absolute atomic E-state index is 13.1. The van der Waals surface area contributed by atoms with E-state index in [1.165, 1.54) is 16.4 Å². The highest BCUT2D eigenvalue weighted by atomic mass is 32.2. The van der Waals surface area contributed by atoms with Gasteiger partial charge in [-0.1, -0.05) is 11.3 Å². The van der Waals surface area contributed by atoms with Gasteiger partial charge in [-0.15, -0.1) is 0 Å². The van der Waals surface area contributed by atoms with Crippen LogP contribution in [-0.2, 0) is 21.9 Å². The molecule has 1 fully saturated rings. The van der Waals surface area contributed by atoms with E-state index >= 15 is 0 Å². The van der Waals surface area contributed by atoms with Crippen molar-refractivity contribution in [1.29, 1.82) is 0 Å². The average Bonchev–Trinajstić information content (AvgIpc) is 3.01. The van der Waals surface area contributed by atoms with Crippen LogP contribution in [0.15, 0.2) is 52.2 Å². The molecule has 1 saturated heterocycles. The summed E-state index contributed by atoms with van der Waals surface area (Å²) in [6, 6.07) is 10.0. The number of sulfonamides is 1. The number of thiazole rings is 1. The highest BCUT2D eigenvalue weighted by Crippen LogP contribution is 2.26. The van der Waals surface area contributed by atoms with Crippen molar-refractivity contribution < 1.29 is 17.6 Å². The van der Waals surface area contributed by atoms with Gasteiger partial charge in [-0.25, -0.2) is 12.8 Å². The third-order valence-corrected chi connectivity index (χ3v) is 8.24. The molecule has 2 aromatic carbocycles. The number of carbonyl (C=O) groups is 1. The fourth-order valence-corrected chi connectivity index (χ4v) is 5.96. The molecule has 0 saturated carbocycles. The molecule has 0 spiro atoms. The first-order chi connectivity index (χ1) is 14.3. The SMILES string of the molecule is Cn1c(=O)sc2cc(NC(=O)C3CCN(S(=O)(=O)c4ccc(F)cc4)CC3)ccc21. The monoisotopic (exact) mass is 449 g/mol. The van der Waals surface area contributed by atoms with Crippen molar-refractivity contribution in [3.63, 3.8) is 0 Å². The molecule has 1 aromatic heterocycles. The zero-order valence-electron chi connectivity index (χ0n) is 16.2. The van der Waals surface area contributed by atoms with E-state index in [1.54, 1.807) is 29.8 Å². The molecule has 1 amide bonds. The van der Waals surface area contributed by atoms with Crippen LogP contribution in [0.2, 0.25) is 0 Å². The summed E-state index contributed by atoms with van der Waals surface area (Å²) in [6.07, 6.45) is 0.792. The number of halogens is 1. The molecule has 0 atom stereocenters. The maximum atomic E-state index is 13.1. The third-order valence-electron chi connectivity index (χ3n) is 5.34. The quantitative estimate of drug-likeness (QED) is 0.663. The Hall–Kier alpha value is -2.56. The summed E-state index contributed by atoms with van der Waals surface area (Å²) in [5.74, 6) is -0.975. The van der Waals surface area contributed by atoms with Crippen molar-refractivity contribution in [3.05, 3.63) is 57.9 Å². The van der Waals surface area contributed by atoms with Crippen molar-refractivity contribution in [2.24, 2.45) is 13.0 Å². The van der Waals surface area contributed by atoms with E-state index in [-0.39, 0.29) is 34.7 Å². The highest BCUT2D eigenvalue weighted by Gasteiger charge is 2.32. The van der Waals surface area contributed by atoms with Crippen LogP contribution in [0.5, 0.6) is 0 Å². The van der Waals surface area contributed by atoms with E-state index in [9.17, 15) is 22.4 Å². The van der Waals surface area contributed by atoms with E-state index in [1.807, 2.05) is 0 Å². The summed E-state index contributed by atoms with van der Waals surface area (Å²) in [4.78, 5) is 24.4. The molecule has 1 aliphatic heterocycles. The number of hydrogen-bond acceptors (Lipinski definition) is 5. The fraction of sp³-hybridized carbons (Fsp3) is 0.300. The molecular weight excluding hydrogens is 429 g/mol. The van der Waals surface area contributed by atoms with Crippen LogP contribution in [0, 0.1) is 11.7 Å². The standard InChI is InChI=1S/C20H20FN3O4S2/c1-23-17-7-4-15(12-18(17)29-20(23)26)22-19(25)13-8-10-24(11-9-13)30(27,28)16-5-2-14(21)3-6-16/h2-7,12-13H,8-11H2,1H3,(H,22,25). The first kappa shape index (κ1) is 20.7. The van der Waals surface area contributed by atoms with Crippen molar-refractivity contribution in [1.82, 2.24) is 8.87 Å². The second-order valence-corrected chi connectivity index (χ2v) is 10.2. The van der Waals surface area contributed by atoms with Gasteiger partial charge in [0.2, 0.25) is 15.9 Å². The lowest BCUT2D eigenvalue weighted by Gasteiger charge is -2.30. The van der Waals surface area contributed by atoms with Gasteiger partial charge in [0.15, 0.2) is 0 Å². The molecule has 7 nitrogen and oxygen atoms in total. The molecule has 30 heavy (non-hydrogen) atoms. The van der Waals surface area contributed by atoms with Crippen LogP contribution in [0.1, 0.15) is 12.8 Å². The van der Waals surface area contributed by atoms with Gasteiger partial charge in [0, 0.05) is 31.7 Å². The Morgan fingerprint density at radius 1 is 1.13 bits per heavy atom. The molecule has 158 valence electrons. The molecule has 4 rings (SSSR count). The lowest BCUT2D eigenvalue weighted by molar-refractivity contribution is -0.120. The number of aromatic nitrogens is 1. The molecule has 1 aliphatic rings. The number of aryl methyl sites for hydroxylation is 1. The van der Waals surface area contributed by atoms with E-state index in [0.717, 1.165) is 33.7 Å². The number of hydrogen-bond donors (Lipinski definition) is 1. The number of benzene rings is 2. The minimum absolute atomic E-state index is 0.0435. The number of fused-ring (bicyclic) bond motifs is 1. The normalized spacial score (nSPS) is 16.1. The Morgan fingerprint density at radius 3 is 2.47 bits per heavy atom. The Kier molecular flexibility index (Phi) is 5.48. The largest absolute Gasteiger partial charge is 0.326 e. The summed E-state index contributed by atoms with van der Waals surface area (Å²) in [6.45, 7) is 0.439. The summed E-state index contributed by atoms with van der Waals surface area (Å²) < 4.78 is 42.1. The van der Waals surface area contributed by atoms with E-state index in [2.05, 4.69) is 5.32 Å². The lowest BCUT2D eigenvalue weighted by Crippen LogP contribution is -2.41. The van der Waals surface area contributed by atoms with Gasteiger partial charge in [0.25, 0.3) is 0 Å². The smallest absolute Gasteiger partial charge is 0.307 e. The zero-order valence-corrected chi connectivity index (χ0v) is 17.8. The molecule has 0 unspecified atom stereocenters. The van der Waals surface area contributed by atoms with Crippen LogP contribution in [0.3, 0.4) is 0 Å². The first-order valence-corrected chi connectivity index (χ1v) is 11.7. The van der Waals surface area contributed by atoms with Crippen molar-refractivity contribution in [2.45, 2.75) is 17.7 Å². The highest BCUT2D eigenvalue weighted by molar-refractivity contribution is 7.89. The van der Waals surface area contributed by atoms with Crippen molar-refractivity contribution in [3.8, 4) is 0 Å². The van der Waals surface area contributed by atoms with Gasteiger partial charge < -0.3 is 9.88 Å². The van der Waals surface area contributed by atoms with Crippen LogP contribution in [-0.4, -0.2) is 36.3 Å². The second-order valence-electron chi connectivity index (χ2n) is 7.23. The van der Waals surface area contributed by atoms with E-state index in [0.29, 0.717) is 18.5 Å². The number of anilines is 1. The molecule has 0 bridgehead atoms. The Bertz CT molecular complexity index is 1260. The molecular formula is C20H20FN3O4S2. The average molecular weight is 450 g/mol. The van der Waals surface area contributed by atoms with Gasteiger partial charge in [-0.2, -0.15) is 4.31 Å². The summed E-state index contributed by atoms with van der Waals surface area (Å²) >= 11 is 1.12. The molecule has 3 aromatic rings. The summed E-state index contributed by atoms with van der Waals surface area (Å²) in [5.41, 5.74) is 1.41. The molecule has 0 aliphatic carbocycles. The van der Waals surface area contributed by atoms with Crippen LogP contribution in [0.25, 0.3) is 10.2 Å². The summed E-state index contributed by atoms with van der Waals surface area (Å²) in [7, 11) is -2.01. The number of amides is 1. The minimum atomic E-state index is -3.71. The fourth-order valence-electron chi connectivity index (χ4n) is 3.57. The van der Waals surface area contributed by atoms with E-state index < -0.39 is 15.8 Å². The first-order valence-electron chi connectivity index (χ1n) is 9.42. The molecule has 1 N–H and O–H groups in total. The lowest BCUT2D eigenvalue weighted by atomic mass is 9.97. The Labute approximate surface area is 176 Å². The molecule has 10 heteroatoms. The van der Waals surface area contributed by atoms with Crippen LogP contribution >= 0.6 is 11.3 Å². The zero-order chi connectivity index (χ0) is 21.5. The molecule has 0 radical (unpaired) electrons. The van der Waals surface area contributed by atoms with Gasteiger partial charge in [0.1, 0.15) is 5.82 Å². The van der Waals surface area contributed by atoms with Crippen molar-refractivity contribution >= 4 is 43.2 Å². The number of nitrogens with one attached hydrogen (secondary N) is 1. The Balaban J connectivity index is 1.41. The topological polar surface area (TPSA) is 88.5 Å². The number of rotatable bonds is 4. The number of carbonyl (C=O) groups excluding carboxylic acids is 1. The van der Waals surface area contributed by atoms with Gasteiger partial charge in [0.05, 0.1) is 15.1 Å². The third kappa shape index (κ3) is 3.90. The summed E-state index contributed by atoms with van der Waals surface area (Å²) in [5, 5.41) is 2.87. The second kappa shape index (κ2) is 7.93. The van der Waals surface area contributed by atoms with Gasteiger partial charge >= 0.3 is 4.87 Å². The van der Waals surface area contributed by atoms with Crippen molar-refractivity contribution in [2.75, 3.05) is 18.4 Å². The Morgan fingerprint density at radius 2 is 1.80 bits per heavy atom. The number of nitrogens with zero attached hydrogens (tertiary/aromatic N) is 2. The van der Waals surface area contributed by atoms with Crippen LogP contribution in [0.4, 0.5) is 10.1 Å². The van der Waals surface area contributed by atoms with Gasteiger partial charge in [-0.05, 0) is 55.3 Å².